The van der Waals surface area contributed by atoms with Crippen molar-refractivity contribution >= 4 is 29.3 Å². The van der Waals surface area contributed by atoms with Crippen molar-refractivity contribution in [1.29, 1.82) is 0 Å². The number of aromatic nitrogens is 2. The lowest BCUT2D eigenvalue weighted by molar-refractivity contribution is -0.115. The Balaban J connectivity index is 1.74. The summed E-state index contributed by atoms with van der Waals surface area (Å²) >= 11 is 5.02. The second kappa shape index (κ2) is 7.66. The lowest BCUT2D eigenvalue weighted by atomic mass is 10.1. The average molecular weight is 390 g/mol. The largest absolute Gasteiger partial charge is 0.497 e. The van der Waals surface area contributed by atoms with Gasteiger partial charge < -0.3 is 10.1 Å². The molecule has 0 atom stereocenters. The number of thiocarbonyl (C=S) groups is 1. The predicted octanol–water partition coefficient (Wildman–Crippen LogP) is 2.95. The quantitative estimate of drug-likeness (QED) is 0.518. The molecule has 0 aliphatic carbocycles. The fraction of sp³-hybridized carbons (Fsp3) is 0.0952. The summed E-state index contributed by atoms with van der Waals surface area (Å²) in [4.78, 5) is 12.0. The minimum absolute atomic E-state index is 0.249. The maximum Gasteiger partial charge on any atom is 0.273 e. The topological polar surface area (TPSA) is 68.2 Å². The smallest absolute Gasteiger partial charge is 0.273 e. The Hall–Kier alpha value is -3.45. The summed E-state index contributed by atoms with van der Waals surface area (Å²) in [5.41, 5.74) is 4.07. The number of benzene rings is 2. The molecule has 6 nitrogen and oxygen atoms in total. The molecule has 7 heteroatoms. The van der Waals surface area contributed by atoms with Crippen LogP contribution in [0.1, 0.15) is 11.1 Å². The zero-order valence-corrected chi connectivity index (χ0v) is 16.0. The molecule has 2 N–H and O–H groups in total. The van der Waals surface area contributed by atoms with E-state index in [9.17, 15) is 4.79 Å². The molecule has 1 saturated heterocycles. The summed E-state index contributed by atoms with van der Waals surface area (Å²) in [6.45, 7) is 0.630. The van der Waals surface area contributed by atoms with E-state index >= 15 is 0 Å². The highest BCUT2D eigenvalue weighted by Gasteiger charge is 2.21. The molecule has 1 aliphatic rings. The van der Waals surface area contributed by atoms with Crippen molar-refractivity contribution in [2.75, 3.05) is 7.11 Å². The molecule has 1 aliphatic heterocycles. The molecule has 0 saturated carbocycles. The van der Waals surface area contributed by atoms with Crippen molar-refractivity contribution < 1.29 is 9.53 Å². The Kier molecular flexibility index (Phi) is 4.90. The van der Waals surface area contributed by atoms with E-state index in [0.29, 0.717) is 17.4 Å². The van der Waals surface area contributed by atoms with Crippen LogP contribution in [0.25, 0.3) is 17.3 Å². The third kappa shape index (κ3) is 3.79. The molecule has 140 valence electrons. The molecular weight excluding hydrogens is 372 g/mol. The number of nitrogens with one attached hydrogen (secondary N) is 2. The first-order valence-electron chi connectivity index (χ1n) is 8.72. The van der Waals surface area contributed by atoms with Crippen molar-refractivity contribution in [1.82, 2.24) is 20.4 Å². The van der Waals surface area contributed by atoms with Gasteiger partial charge in [-0.1, -0.05) is 30.3 Å². The highest BCUT2D eigenvalue weighted by atomic mass is 32.1. The lowest BCUT2D eigenvalue weighted by Gasteiger charge is -2.03. The third-order valence-corrected chi connectivity index (χ3v) is 4.56. The molecule has 2 aromatic carbocycles. The summed E-state index contributed by atoms with van der Waals surface area (Å²) in [5.74, 6) is 0.524. The fourth-order valence-corrected chi connectivity index (χ4v) is 3.21. The summed E-state index contributed by atoms with van der Waals surface area (Å²) in [6, 6.07) is 17.8. The Morgan fingerprint density at radius 2 is 1.86 bits per heavy atom. The zero-order chi connectivity index (χ0) is 19.5. The van der Waals surface area contributed by atoms with Crippen molar-refractivity contribution in [2.24, 2.45) is 0 Å². The summed E-state index contributed by atoms with van der Waals surface area (Å²) in [5, 5.41) is 10.5. The van der Waals surface area contributed by atoms with E-state index in [0.717, 1.165) is 28.1 Å². The second-order valence-electron chi connectivity index (χ2n) is 6.31. The van der Waals surface area contributed by atoms with Gasteiger partial charge in [-0.05, 0) is 48.1 Å². The van der Waals surface area contributed by atoms with Gasteiger partial charge >= 0.3 is 0 Å². The van der Waals surface area contributed by atoms with Crippen LogP contribution < -0.4 is 15.4 Å². The van der Waals surface area contributed by atoms with Crippen LogP contribution in [0.5, 0.6) is 5.75 Å². The van der Waals surface area contributed by atoms with Gasteiger partial charge in [0, 0.05) is 17.3 Å². The van der Waals surface area contributed by atoms with Crippen LogP contribution in [0.4, 0.5) is 0 Å². The number of amides is 1. The Morgan fingerprint density at radius 1 is 1.11 bits per heavy atom. The van der Waals surface area contributed by atoms with Crippen LogP contribution in [0, 0.1) is 0 Å². The van der Waals surface area contributed by atoms with Crippen molar-refractivity contribution in [3.63, 3.8) is 0 Å². The maximum absolute atomic E-state index is 12.0. The first kappa shape index (κ1) is 17.9. The summed E-state index contributed by atoms with van der Waals surface area (Å²) in [7, 11) is 1.63. The van der Waals surface area contributed by atoms with Gasteiger partial charge in [-0.25, -0.2) is 0 Å². The Labute approximate surface area is 167 Å². The molecule has 0 radical (unpaired) electrons. The van der Waals surface area contributed by atoms with Gasteiger partial charge in [0.05, 0.1) is 19.3 Å². The minimum atomic E-state index is -0.249. The van der Waals surface area contributed by atoms with Gasteiger partial charge in [0.1, 0.15) is 11.4 Å². The molecule has 3 aromatic rings. The summed E-state index contributed by atoms with van der Waals surface area (Å²) in [6.07, 6.45) is 3.69. The second-order valence-corrected chi connectivity index (χ2v) is 6.72. The number of methoxy groups -OCH3 is 1. The van der Waals surface area contributed by atoms with Crippen molar-refractivity contribution in [3.8, 4) is 17.0 Å². The number of carbonyl (C=O) groups excluding carboxylic acids is 1. The molecule has 28 heavy (non-hydrogen) atoms. The Bertz CT molecular complexity index is 1060. The highest BCUT2D eigenvalue weighted by Crippen LogP contribution is 2.26. The van der Waals surface area contributed by atoms with Crippen LogP contribution in [0.3, 0.4) is 0 Å². The highest BCUT2D eigenvalue weighted by molar-refractivity contribution is 7.80. The van der Waals surface area contributed by atoms with E-state index in [1.807, 2.05) is 53.3 Å². The van der Waals surface area contributed by atoms with Gasteiger partial charge in [0.25, 0.3) is 5.91 Å². The van der Waals surface area contributed by atoms with Crippen LogP contribution in [-0.2, 0) is 11.3 Å². The molecule has 1 fully saturated rings. The lowest BCUT2D eigenvalue weighted by Crippen LogP contribution is -2.21. The number of nitrogens with zero attached hydrogens (tertiary/aromatic N) is 2. The average Bonchev–Trinajstić information content (AvgIpc) is 3.25. The molecule has 2 heterocycles. The molecule has 0 bridgehead atoms. The molecule has 1 aromatic heterocycles. The number of hydrogen-bond donors (Lipinski definition) is 2. The molecule has 0 spiro atoms. The minimum Gasteiger partial charge on any atom is -0.497 e. The van der Waals surface area contributed by atoms with Gasteiger partial charge in [-0.15, -0.1) is 0 Å². The van der Waals surface area contributed by atoms with E-state index < -0.39 is 0 Å². The summed E-state index contributed by atoms with van der Waals surface area (Å²) < 4.78 is 7.11. The first-order valence-corrected chi connectivity index (χ1v) is 9.13. The first-order chi connectivity index (χ1) is 13.6. The van der Waals surface area contributed by atoms with E-state index in [-0.39, 0.29) is 5.91 Å². The molecular formula is C21H18N4O2S. The van der Waals surface area contributed by atoms with Gasteiger partial charge in [0.2, 0.25) is 0 Å². The van der Waals surface area contributed by atoms with E-state index in [2.05, 4.69) is 22.8 Å². The monoisotopic (exact) mass is 390 g/mol. The molecule has 4 rings (SSSR count). The van der Waals surface area contributed by atoms with E-state index in [1.165, 1.54) is 0 Å². The zero-order valence-electron chi connectivity index (χ0n) is 15.2. The van der Waals surface area contributed by atoms with Gasteiger partial charge in [-0.3, -0.25) is 14.8 Å². The standard InChI is InChI=1S/C21H18N4O2S/c1-27-17-9-7-15(8-10-17)19-16(11-18-20(26)23-21(28)22-18)13-25(24-19)12-14-5-3-2-4-6-14/h2-11,13H,12H2,1H3,(H2,22,23,26,28)/b18-11-. The third-order valence-electron chi connectivity index (χ3n) is 4.36. The molecule has 1 amide bonds. The van der Waals surface area contributed by atoms with Crippen LogP contribution in [0.15, 0.2) is 66.5 Å². The predicted molar refractivity (Wildman–Crippen MR) is 112 cm³/mol. The van der Waals surface area contributed by atoms with Crippen LogP contribution >= 0.6 is 12.2 Å². The maximum atomic E-state index is 12.0. The SMILES string of the molecule is COc1ccc(-c2nn(Cc3ccccc3)cc2/C=C2\NC(=S)NC2=O)cc1. The normalized spacial score (nSPS) is 14.8. The van der Waals surface area contributed by atoms with E-state index in [1.54, 1.807) is 13.2 Å². The molecule has 0 unspecified atom stereocenters. The number of ether oxygens (including phenoxy) is 1. The van der Waals surface area contributed by atoms with Crippen molar-refractivity contribution in [3.05, 3.63) is 77.6 Å². The number of carbonyl (C=O) groups is 1. The van der Waals surface area contributed by atoms with E-state index in [4.69, 9.17) is 22.1 Å². The van der Waals surface area contributed by atoms with Gasteiger partial charge in [0.15, 0.2) is 5.11 Å². The number of rotatable bonds is 5. The number of hydrogen-bond acceptors (Lipinski definition) is 4. The van der Waals surface area contributed by atoms with Crippen LogP contribution in [-0.4, -0.2) is 27.9 Å². The fourth-order valence-electron chi connectivity index (χ4n) is 3.01. The van der Waals surface area contributed by atoms with Gasteiger partial charge in [-0.2, -0.15) is 5.10 Å². The van der Waals surface area contributed by atoms with Crippen LogP contribution in [0.2, 0.25) is 0 Å². The van der Waals surface area contributed by atoms with Crippen molar-refractivity contribution in [2.45, 2.75) is 6.54 Å². The Morgan fingerprint density at radius 3 is 2.50 bits per heavy atom.